The Kier molecular flexibility index (Phi) is 7.14. The van der Waals surface area contributed by atoms with E-state index in [0.29, 0.717) is 5.92 Å². The quantitative estimate of drug-likeness (QED) is 0.753. The lowest BCUT2D eigenvalue weighted by atomic mass is 10.0. The van der Waals surface area contributed by atoms with Gasteiger partial charge in [0.15, 0.2) is 0 Å². The molecule has 2 nitrogen and oxygen atoms in total. The van der Waals surface area contributed by atoms with Gasteiger partial charge in [-0.05, 0) is 23.5 Å². The van der Waals surface area contributed by atoms with Gasteiger partial charge in [0, 0.05) is 26.2 Å². The number of aliphatic hydroxyl groups excluding tert-OH is 1. The lowest BCUT2D eigenvalue weighted by molar-refractivity contribution is 0.147. The van der Waals surface area contributed by atoms with E-state index in [0.717, 1.165) is 32.5 Å². The first kappa shape index (κ1) is 16.7. The summed E-state index contributed by atoms with van der Waals surface area (Å²) in [5.41, 5.74) is 2.65. The van der Waals surface area contributed by atoms with Crippen LogP contribution in [-0.4, -0.2) is 23.2 Å². The Morgan fingerprint density at radius 2 is 1.36 bits per heavy atom. The van der Waals surface area contributed by atoms with Crippen molar-refractivity contribution in [3.63, 3.8) is 0 Å². The van der Waals surface area contributed by atoms with Crippen LogP contribution in [-0.2, 0) is 13.1 Å². The van der Waals surface area contributed by atoms with E-state index < -0.39 is 0 Å². The van der Waals surface area contributed by atoms with Gasteiger partial charge in [0.05, 0.1) is 0 Å². The van der Waals surface area contributed by atoms with E-state index in [2.05, 4.69) is 72.5 Å². The third-order valence-electron chi connectivity index (χ3n) is 3.97. The van der Waals surface area contributed by atoms with E-state index in [1.807, 2.05) is 0 Å². The van der Waals surface area contributed by atoms with Crippen LogP contribution in [0.1, 0.15) is 30.9 Å². The van der Waals surface area contributed by atoms with E-state index in [1.165, 1.54) is 11.1 Å². The van der Waals surface area contributed by atoms with Crippen LogP contribution in [0.15, 0.2) is 60.7 Å². The van der Waals surface area contributed by atoms with Crippen molar-refractivity contribution in [2.24, 2.45) is 5.92 Å². The average molecular weight is 297 g/mol. The molecule has 0 saturated carbocycles. The van der Waals surface area contributed by atoms with E-state index in [9.17, 15) is 5.11 Å². The van der Waals surface area contributed by atoms with E-state index in [-0.39, 0.29) is 6.61 Å². The summed E-state index contributed by atoms with van der Waals surface area (Å²) in [6.07, 6.45) is 2.20. The molecule has 0 aromatic heterocycles. The summed E-state index contributed by atoms with van der Waals surface area (Å²) in [5.74, 6) is 0.359. The Balaban J connectivity index is 2.05. The van der Waals surface area contributed by atoms with E-state index >= 15 is 0 Å². The minimum atomic E-state index is 0.272. The van der Waals surface area contributed by atoms with E-state index in [1.54, 1.807) is 0 Å². The fourth-order valence-electron chi connectivity index (χ4n) is 2.88. The molecule has 1 atom stereocenters. The molecule has 0 fully saturated rings. The number of nitrogens with zero attached hydrogens (tertiary/aromatic N) is 1. The zero-order valence-corrected chi connectivity index (χ0v) is 13.5. The molecule has 0 radical (unpaired) electrons. The third kappa shape index (κ3) is 5.63. The van der Waals surface area contributed by atoms with Gasteiger partial charge in [-0.15, -0.1) is 0 Å². The van der Waals surface area contributed by atoms with Crippen LogP contribution in [0.25, 0.3) is 0 Å². The smallest absolute Gasteiger partial charge is 0.0471 e. The maximum Gasteiger partial charge on any atom is 0.0471 e. The maximum absolute atomic E-state index is 9.61. The van der Waals surface area contributed by atoms with Gasteiger partial charge in [0.2, 0.25) is 0 Å². The summed E-state index contributed by atoms with van der Waals surface area (Å²) in [6.45, 7) is 5.25. The molecule has 0 aliphatic rings. The highest BCUT2D eigenvalue weighted by atomic mass is 16.3. The maximum atomic E-state index is 9.61. The zero-order valence-electron chi connectivity index (χ0n) is 13.5. The average Bonchev–Trinajstić information content (AvgIpc) is 2.56. The van der Waals surface area contributed by atoms with Crippen molar-refractivity contribution in [2.45, 2.75) is 32.9 Å². The lowest BCUT2D eigenvalue weighted by Gasteiger charge is -2.27. The third-order valence-corrected chi connectivity index (χ3v) is 3.97. The summed E-state index contributed by atoms with van der Waals surface area (Å²) in [5, 5.41) is 9.61. The highest BCUT2D eigenvalue weighted by Gasteiger charge is 2.14. The molecule has 2 aromatic carbocycles. The molecule has 118 valence electrons. The number of hydrogen-bond donors (Lipinski definition) is 1. The fourth-order valence-corrected chi connectivity index (χ4v) is 2.88. The second-order valence-corrected chi connectivity index (χ2v) is 5.98. The molecular formula is C20H27NO. The van der Waals surface area contributed by atoms with Crippen LogP contribution in [0.3, 0.4) is 0 Å². The van der Waals surface area contributed by atoms with Gasteiger partial charge in [-0.2, -0.15) is 0 Å². The van der Waals surface area contributed by atoms with Crippen LogP contribution < -0.4 is 0 Å². The van der Waals surface area contributed by atoms with Crippen molar-refractivity contribution < 1.29 is 5.11 Å². The molecule has 1 N–H and O–H groups in total. The summed E-state index contributed by atoms with van der Waals surface area (Å²) in [4.78, 5) is 2.45. The SMILES string of the molecule is CCCC(CO)CN(Cc1ccccc1)Cc1ccccc1. The Labute approximate surface area is 134 Å². The Morgan fingerprint density at radius 3 is 1.77 bits per heavy atom. The van der Waals surface area contributed by atoms with Crippen molar-refractivity contribution >= 4 is 0 Å². The highest BCUT2D eigenvalue weighted by Crippen LogP contribution is 2.15. The van der Waals surface area contributed by atoms with Gasteiger partial charge in [-0.3, -0.25) is 4.90 Å². The normalized spacial score (nSPS) is 12.5. The monoisotopic (exact) mass is 297 g/mol. The van der Waals surface area contributed by atoms with Crippen LogP contribution in [0.4, 0.5) is 0 Å². The van der Waals surface area contributed by atoms with Gasteiger partial charge in [-0.1, -0.05) is 74.0 Å². The number of hydrogen-bond acceptors (Lipinski definition) is 2. The van der Waals surface area contributed by atoms with Crippen LogP contribution in [0.2, 0.25) is 0 Å². The molecule has 2 aromatic rings. The second kappa shape index (κ2) is 9.39. The topological polar surface area (TPSA) is 23.5 Å². The summed E-state index contributed by atoms with van der Waals surface area (Å²) in [6, 6.07) is 21.2. The Hall–Kier alpha value is -1.64. The first-order valence-electron chi connectivity index (χ1n) is 8.23. The Bertz CT molecular complexity index is 470. The lowest BCUT2D eigenvalue weighted by Crippen LogP contribution is -2.30. The number of benzene rings is 2. The molecule has 1 unspecified atom stereocenters. The van der Waals surface area contributed by atoms with Gasteiger partial charge in [0.1, 0.15) is 0 Å². The van der Waals surface area contributed by atoms with Crippen molar-refractivity contribution in [3.05, 3.63) is 71.8 Å². The van der Waals surface area contributed by atoms with Crippen molar-refractivity contribution in [3.8, 4) is 0 Å². The molecule has 0 aliphatic heterocycles. The van der Waals surface area contributed by atoms with E-state index in [4.69, 9.17) is 0 Å². The van der Waals surface area contributed by atoms with Crippen molar-refractivity contribution in [2.75, 3.05) is 13.2 Å². The van der Waals surface area contributed by atoms with Gasteiger partial charge in [-0.25, -0.2) is 0 Å². The molecule has 0 bridgehead atoms. The Morgan fingerprint density at radius 1 is 0.864 bits per heavy atom. The minimum Gasteiger partial charge on any atom is -0.396 e. The minimum absolute atomic E-state index is 0.272. The number of rotatable bonds is 9. The van der Waals surface area contributed by atoms with Crippen LogP contribution in [0.5, 0.6) is 0 Å². The molecule has 22 heavy (non-hydrogen) atoms. The molecule has 0 spiro atoms. The number of aliphatic hydroxyl groups is 1. The zero-order chi connectivity index (χ0) is 15.6. The molecule has 0 saturated heterocycles. The van der Waals surface area contributed by atoms with Gasteiger partial charge >= 0.3 is 0 Å². The molecule has 2 rings (SSSR count). The second-order valence-electron chi connectivity index (χ2n) is 5.98. The fraction of sp³-hybridized carbons (Fsp3) is 0.400. The predicted molar refractivity (Wildman–Crippen MR) is 92.5 cm³/mol. The van der Waals surface area contributed by atoms with Crippen LogP contribution >= 0.6 is 0 Å². The van der Waals surface area contributed by atoms with Crippen LogP contribution in [0, 0.1) is 5.92 Å². The molecule has 2 heteroatoms. The van der Waals surface area contributed by atoms with Gasteiger partial charge < -0.3 is 5.11 Å². The molecule has 0 aliphatic carbocycles. The first-order chi connectivity index (χ1) is 10.8. The van der Waals surface area contributed by atoms with Gasteiger partial charge in [0.25, 0.3) is 0 Å². The first-order valence-corrected chi connectivity index (χ1v) is 8.23. The highest BCUT2D eigenvalue weighted by molar-refractivity contribution is 5.17. The summed E-state index contributed by atoms with van der Waals surface area (Å²) < 4.78 is 0. The van der Waals surface area contributed by atoms with Crippen molar-refractivity contribution in [1.29, 1.82) is 0 Å². The molecular weight excluding hydrogens is 270 g/mol. The standard InChI is InChI=1S/C20H27NO/c1-2-9-20(17-22)16-21(14-18-10-5-3-6-11-18)15-19-12-7-4-8-13-19/h3-8,10-13,20,22H,2,9,14-17H2,1H3. The largest absolute Gasteiger partial charge is 0.396 e. The summed E-state index contributed by atoms with van der Waals surface area (Å²) in [7, 11) is 0. The van der Waals surface area contributed by atoms with Crippen molar-refractivity contribution in [1.82, 2.24) is 4.90 Å². The summed E-state index contributed by atoms with van der Waals surface area (Å²) >= 11 is 0. The molecule has 0 heterocycles. The molecule has 0 amide bonds. The predicted octanol–water partition coefficient (Wildman–Crippen LogP) is 4.10.